The van der Waals surface area contributed by atoms with E-state index < -0.39 is 0 Å². The fourth-order valence-corrected chi connectivity index (χ4v) is 2.09. The molecule has 0 aliphatic rings. The summed E-state index contributed by atoms with van der Waals surface area (Å²) in [6, 6.07) is 6.26. The Morgan fingerprint density at radius 1 is 0.944 bits per heavy atom. The van der Waals surface area contributed by atoms with Gasteiger partial charge in [-0.3, -0.25) is 0 Å². The molecule has 0 fully saturated rings. The van der Waals surface area contributed by atoms with Gasteiger partial charge in [0, 0.05) is 0 Å². The zero-order valence-electron chi connectivity index (χ0n) is 11.3. The first-order valence-electron chi connectivity index (χ1n) is 5.94. The Bertz CT molecular complexity index is 509. The molecule has 1 rings (SSSR count). The summed E-state index contributed by atoms with van der Waals surface area (Å²) in [6.07, 6.45) is 5.39. The van der Waals surface area contributed by atoms with E-state index in [0.29, 0.717) is 0 Å². The van der Waals surface area contributed by atoms with Crippen LogP contribution in [0.3, 0.4) is 0 Å². The van der Waals surface area contributed by atoms with Gasteiger partial charge in [-0.2, -0.15) is 0 Å². The highest BCUT2D eigenvalue weighted by atomic mass is 14.2. The molecule has 1 aromatic rings. The molecule has 0 amide bonds. The third kappa shape index (κ3) is 2.60. The van der Waals surface area contributed by atoms with Gasteiger partial charge in [-0.15, -0.1) is 0 Å². The van der Waals surface area contributed by atoms with E-state index in [9.17, 15) is 0 Å². The lowest BCUT2D eigenvalue weighted by molar-refractivity contribution is 1.33. The molecule has 92 valence electrons. The summed E-state index contributed by atoms with van der Waals surface area (Å²) in [7, 11) is 0. The molecule has 18 heavy (non-hydrogen) atoms. The third-order valence-electron chi connectivity index (χ3n) is 3.03. The van der Waals surface area contributed by atoms with Crippen LogP contribution in [0.1, 0.15) is 16.7 Å². The number of benzene rings is 1. The highest BCUT2D eigenvalue weighted by molar-refractivity contribution is 5.88. The van der Waals surface area contributed by atoms with Gasteiger partial charge in [0.25, 0.3) is 0 Å². The second kappa shape index (κ2) is 6.02. The predicted octanol–water partition coefficient (Wildman–Crippen LogP) is 5.17. The van der Waals surface area contributed by atoms with Crippen LogP contribution in [0.2, 0.25) is 0 Å². The largest absolute Gasteiger partial charge is 0.0985 e. The van der Waals surface area contributed by atoms with E-state index in [1.807, 2.05) is 12.2 Å². The predicted molar refractivity (Wildman–Crippen MR) is 82.6 cm³/mol. The lowest BCUT2D eigenvalue weighted by atomic mass is 9.88. The highest BCUT2D eigenvalue weighted by Crippen LogP contribution is 2.32. The summed E-state index contributed by atoms with van der Waals surface area (Å²) in [5.41, 5.74) is 6.56. The van der Waals surface area contributed by atoms with E-state index in [1.165, 1.54) is 16.7 Å². The average molecular weight is 236 g/mol. The normalized spacial score (nSPS) is 9.44. The molecule has 0 unspecified atom stereocenters. The van der Waals surface area contributed by atoms with Crippen molar-refractivity contribution in [2.75, 3.05) is 0 Å². The number of rotatable bonds is 5. The molecule has 1 aromatic carbocycles. The van der Waals surface area contributed by atoms with E-state index in [1.54, 1.807) is 6.08 Å². The van der Waals surface area contributed by atoms with Crippen LogP contribution in [-0.4, -0.2) is 0 Å². The minimum absolute atomic E-state index is 0.891. The van der Waals surface area contributed by atoms with Crippen molar-refractivity contribution in [3.8, 4) is 0 Å². The van der Waals surface area contributed by atoms with Gasteiger partial charge in [0.15, 0.2) is 0 Å². The van der Waals surface area contributed by atoms with Crippen molar-refractivity contribution in [2.24, 2.45) is 0 Å². The van der Waals surface area contributed by atoms with Gasteiger partial charge < -0.3 is 0 Å². The Hall–Kier alpha value is -2.08. The van der Waals surface area contributed by atoms with Gasteiger partial charge in [0.05, 0.1) is 0 Å². The summed E-state index contributed by atoms with van der Waals surface area (Å²) in [5, 5.41) is 0. The highest BCUT2D eigenvalue weighted by Gasteiger charge is 2.12. The first-order chi connectivity index (χ1) is 8.56. The van der Waals surface area contributed by atoms with Crippen LogP contribution < -0.4 is 0 Å². The molecular weight excluding hydrogens is 216 g/mol. The lowest BCUT2D eigenvalue weighted by Crippen LogP contribution is -1.97. The van der Waals surface area contributed by atoms with Crippen LogP contribution >= 0.6 is 0 Å². The molecular formula is C18H20. The van der Waals surface area contributed by atoms with Gasteiger partial charge >= 0.3 is 0 Å². The Morgan fingerprint density at radius 3 is 1.83 bits per heavy atom. The van der Waals surface area contributed by atoms with Crippen molar-refractivity contribution < 1.29 is 0 Å². The number of hydrogen-bond acceptors (Lipinski definition) is 0. The van der Waals surface area contributed by atoms with Gasteiger partial charge in [0.1, 0.15) is 0 Å². The second-order valence-corrected chi connectivity index (χ2v) is 4.23. The van der Waals surface area contributed by atoms with E-state index in [2.05, 4.69) is 58.4 Å². The Morgan fingerprint density at radius 2 is 1.44 bits per heavy atom. The second-order valence-electron chi connectivity index (χ2n) is 4.23. The van der Waals surface area contributed by atoms with Crippen molar-refractivity contribution in [1.82, 2.24) is 0 Å². The maximum Gasteiger partial charge on any atom is -0.00401 e. The Kier molecular flexibility index (Phi) is 4.67. The molecule has 0 spiro atoms. The molecule has 0 aliphatic heterocycles. The SMILES string of the molecule is C=CC(=C)C(=C(C=C)C=C)c1c(C)cccc1C. The number of allylic oxidation sites excluding steroid dienone is 6. The fraction of sp³-hybridized carbons (Fsp3) is 0.111. The van der Waals surface area contributed by atoms with Crippen LogP contribution in [0.15, 0.2) is 73.9 Å². The van der Waals surface area contributed by atoms with Crippen LogP contribution in [0, 0.1) is 13.8 Å². The molecule has 0 atom stereocenters. The molecule has 0 saturated carbocycles. The minimum atomic E-state index is 0.891. The van der Waals surface area contributed by atoms with Crippen molar-refractivity contribution in [1.29, 1.82) is 0 Å². The first-order valence-corrected chi connectivity index (χ1v) is 5.94. The van der Waals surface area contributed by atoms with E-state index in [-0.39, 0.29) is 0 Å². The fourth-order valence-electron chi connectivity index (χ4n) is 2.09. The summed E-state index contributed by atoms with van der Waals surface area (Å²) in [6.45, 7) is 19.8. The molecule has 0 radical (unpaired) electrons. The summed E-state index contributed by atoms with van der Waals surface area (Å²) >= 11 is 0. The first kappa shape index (κ1) is 14.0. The quantitative estimate of drug-likeness (QED) is 0.619. The number of aryl methyl sites for hydroxylation is 2. The van der Waals surface area contributed by atoms with Crippen LogP contribution in [-0.2, 0) is 0 Å². The summed E-state index contributed by atoms with van der Waals surface area (Å²) in [5.74, 6) is 0. The van der Waals surface area contributed by atoms with E-state index in [4.69, 9.17) is 0 Å². The topological polar surface area (TPSA) is 0 Å². The molecule has 0 N–H and O–H groups in total. The molecule has 0 heteroatoms. The zero-order chi connectivity index (χ0) is 13.7. The Labute approximate surface area is 110 Å². The summed E-state index contributed by atoms with van der Waals surface area (Å²) < 4.78 is 0. The third-order valence-corrected chi connectivity index (χ3v) is 3.03. The smallest absolute Gasteiger partial charge is 0.00401 e. The van der Waals surface area contributed by atoms with Crippen molar-refractivity contribution >= 4 is 5.57 Å². The molecule has 0 bridgehead atoms. The van der Waals surface area contributed by atoms with Crippen molar-refractivity contribution in [3.63, 3.8) is 0 Å². The lowest BCUT2D eigenvalue weighted by Gasteiger charge is -2.16. The van der Waals surface area contributed by atoms with Gasteiger partial charge in [0.2, 0.25) is 0 Å². The van der Waals surface area contributed by atoms with E-state index in [0.717, 1.165) is 16.7 Å². The standard InChI is InChI=1S/C18H20/c1-7-13(4)18(16(8-2)9-3)17-14(5)11-10-12-15(17)6/h7-12H,1-4H2,5-6H3. The van der Waals surface area contributed by atoms with Gasteiger partial charge in [-0.25, -0.2) is 0 Å². The van der Waals surface area contributed by atoms with Crippen molar-refractivity contribution in [3.05, 3.63) is 90.6 Å². The molecule has 0 heterocycles. The van der Waals surface area contributed by atoms with Crippen molar-refractivity contribution in [2.45, 2.75) is 13.8 Å². The van der Waals surface area contributed by atoms with Crippen LogP contribution in [0.5, 0.6) is 0 Å². The Balaban J connectivity index is 3.70. The molecule has 0 aliphatic carbocycles. The molecule has 0 nitrogen and oxygen atoms in total. The average Bonchev–Trinajstić information content (AvgIpc) is 2.37. The molecule has 0 aromatic heterocycles. The monoisotopic (exact) mass is 236 g/mol. The van der Waals surface area contributed by atoms with Gasteiger partial charge in [-0.05, 0) is 47.3 Å². The number of hydrogen-bond donors (Lipinski definition) is 0. The molecule has 0 saturated heterocycles. The minimum Gasteiger partial charge on any atom is -0.0985 e. The zero-order valence-corrected chi connectivity index (χ0v) is 11.3. The van der Waals surface area contributed by atoms with Crippen LogP contribution in [0.4, 0.5) is 0 Å². The maximum atomic E-state index is 4.08. The van der Waals surface area contributed by atoms with Gasteiger partial charge in [-0.1, -0.05) is 62.7 Å². The van der Waals surface area contributed by atoms with Crippen LogP contribution in [0.25, 0.3) is 5.57 Å². The summed E-state index contributed by atoms with van der Waals surface area (Å²) in [4.78, 5) is 0. The van der Waals surface area contributed by atoms with E-state index >= 15 is 0 Å². The maximum absolute atomic E-state index is 4.08.